The zero-order chi connectivity index (χ0) is 9.10. The van der Waals surface area contributed by atoms with Crippen molar-refractivity contribution >= 4 is 0 Å². The van der Waals surface area contributed by atoms with Gasteiger partial charge in [0.1, 0.15) is 0 Å². The van der Waals surface area contributed by atoms with Gasteiger partial charge in [0.15, 0.2) is 0 Å². The molecular weight excluding hydrogens is 160 g/mol. The highest BCUT2D eigenvalue weighted by molar-refractivity contribution is 5.32. The number of hydrogen-bond donors (Lipinski definition) is 0. The SMILES string of the molecule is CCc1cc(-n2cccc2)ccn1. The molecule has 2 heterocycles. The van der Waals surface area contributed by atoms with Crippen LogP contribution in [0.15, 0.2) is 42.9 Å². The monoisotopic (exact) mass is 172 g/mol. The minimum atomic E-state index is 0.981. The summed E-state index contributed by atoms with van der Waals surface area (Å²) in [7, 11) is 0. The van der Waals surface area contributed by atoms with Crippen molar-refractivity contribution in [1.82, 2.24) is 9.55 Å². The van der Waals surface area contributed by atoms with Crippen molar-refractivity contribution in [2.45, 2.75) is 13.3 Å². The van der Waals surface area contributed by atoms with Gasteiger partial charge in [0.2, 0.25) is 0 Å². The molecule has 0 radical (unpaired) electrons. The summed E-state index contributed by atoms with van der Waals surface area (Å²) in [5.74, 6) is 0. The molecule has 2 nitrogen and oxygen atoms in total. The highest BCUT2D eigenvalue weighted by Crippen LogP contribution is 2.08. The lowest BCUT2D eigenvalue weighted by atomic mass is 10.2. The molecule has 0 aliphatic rings. The van der Waals surface area contributed by atoms with Gasteiger partial charge in [-0.1, -0.05) is 6.92 Å². The van der Waals surface area contributed by atoms with E-state index in [2.05, 4.69) is 22.5 Å². The third kappa shape index (κ3) is 1.61. The van der Waals surface area contributed by atoms with Crippen LogP contribution in [0.5, 0.6) is 0 Å². The van der Waals surface area contributed by atoms with Crippen molar-refractivity contribution < 1.29 is 0 Å². The Balaban J connectivity index is 2.41. The van der Waals surface area contributed by atoms with Gasteiger partial charge in [-0.15, -0.1) is 0 Å². The first-order chi connectivity index (χ1) is 6.40. The van der Waals surface area contributed by atoms with E-state index >= 15 is 0 Å². The Morgan fingerprint density at radius 1 is 1.31 bits per heavy atom. The van der Waals surface area contributed by atoms with Crippen molar-refractivity contribution in [2.24, 2.45) is 0 Å². The molecule has 13 heavy (non-hydrogen) atoms. The van der Waals surface area contributed by atoms with Gasteiger partial charge >= 0.3 is 0 Å². The Hall–Kier alpha value is -1.57. The van der Waals surface area contributed by atoms with Crippen molar-refractivity contribution in [3.8, 4) is 5.69 Å². The lowest BCUT2D eigenvalue weighted by Crippen LogP contribution is -1.93. The summed E-state index contributed by atoms with van der Waals surface area (Å²) in [6.07, 6.45) is 6.91. The molecular formula is C11H12N2. The second-order valence-corrected chi connectivity index (χ2v) is 2.95. The molecule has 0 bridgehead atoms. The Morgan fingerprint density at radius 3 is 2.77 bits per heavy atom. The summed E-state index contributed by atoms with van der Waals surface area (Å²) < 4.78 is 2.08. The summed E-state index contributed by atoms with van der Waals surface area (Å²) in [6, 6.07) is 8.16. The average Bonchev–Trinajstić information content (AvgIpc) is 2.71. The summed E-state index contributed by atoms with van der Waals surface area (Å²) >= 11 is 0. The molecule has 0 spiro atoms. The van der Waals surface area contributed by atoms with Crippen LogP contribution in [0.4, 0.5) is 0 Å². The third-order valence-electron chi connectivity index (χ3n) is 2.06. The van der Waals surface area contributed by atoms with E-state index in [1.54, 1.807) is 0 Å². The summed E-state index contributed by atoms with van der Waals surface area (Å²) in [5, 5.41) is 0. The first-order valence-corrected chi connectivity index (χ1v) is 4.48. The van der Waals surface area contributed by atoms with Crippen molar-refractivity contribution in [3.05, 3.63) is 48.5 Å². The molecule has 66 valence electrons. The second kappa shape index (κ2) is 3.44. The molecule has 0 saturated heterocycles. The van der Waals surface area contributed by atoms with Crippen LogP contribution in [0.3, 0.4) is 0 Å². The fourth-order valence-electron chi connectivity index (χ4n) is 1.33. The van der Waals surface area contributed by atoms with E-state index < -0.39 is 0 Å². The highest BCUT2D eigenvalue weighted by atomic mass is 14.9. The van der Waals surface area contributed by atoms with Crippen LogP contribution >= 0.6 is 0 Å². The maximum atomic E-state index is 4.25. The van der Waals surface area contributed by atoms with Gasteiger partial charge in [0.25, 0.3) is 0 Å². The fourth-order valence-corrected chi connectivity index (χ4v) is 1.33. The standard InChI is InChI=1S/C11H12N2/c1-2-10-9-11(5-6-12-10)13-7-3-4-8-13/h3-9H,2H2,1H3. The summed E-state index contributed by atoms with van der Waals surface area (Å²) in [4.78, 5) is 4.25. The molecule has 0 saturated carbocycles. The normalized spacial score (nSPS) is 10.2. The number of aromatic nitrogens is 2. The van der Waals surface area contributed by atoms with Crippen LogP contribution in [0.1, 0.15) is 12.6 Å². The van der Waals surface area contributed by atoms with E-state index in [0.29, 0.717) is 0 Å². The quantitative estimate of drug-likeness (QED) is 0.680. The van der Waals surface area contributed by atoms with Gasteiger partial charge in [-0.05, 0) is 30.7 Å². The van der Waals surface area contributed by atoms with Crippen molar-refractivity contribution in [1.29, 1.82) is 0 Å². The van der Waals surface area contributed by atoms with Crippen LogP contribution in [0.2, 0.25) is 0 Å². The van der Waals surface area contributed by atoms with Crippen LogP contribution in [-0.2, 0) is 6.42 Å². The Labute approximate surface area is 77.9 Å². The first kappa shape index (κ1) is 8.05. The van der Waals surface area contributed by atoms with Gasteiger partial charge < -0.3 is 4.57 Å². The molecule has 0 aliphatic heterocycles. The van der Waals surface area contributed by atoms with Gasteiger partial charge in [0, 0.05) is 30.0 Å². The minimum absolute atomic E-state index is 0.981. The van der Waals surface area contributed by atoms with E-state index in [1.165, 1.54) is 5.69 Å². The number of aryl methyl sites for hydroxylation is 1. The van der Waals surface area contributed by atoms with E-state index in [4.69, 9.17) is 0 Å². The number of pyridine rings is 1. The van der Waals surface area contributed by atoms with Crippen LogP contribution in [-0.4, -0.2) is 9.55 Å². The molecule has 2 rings (SSSR count). The lowest BCUT2D eigenvalue weighted by molar-refractivity contribution is 0.998. The summed E-state index contributed by atoms with van der Waals surface area (Å²) in [5.41, 5.74) is 2.31. The smallest absolute Gasteiger partial charge is 0.0482 e. The molecule has 0 unspecified atom stereocenters. The number of nitrogens with zero attached hydrogens (tertiary/aromatic N) is 2. The zero-order valence-electron chi connectivity index (χ0n) is 7.64. The molecule has 0 atom stereocenters. The van der Waals surface area contributed by atoms with Gasteiger partial charge in [0.05, 0.1) is 0 Å². The van der Waals surface area contributed by atoms with Crippen molar-refractivity contribution in [3.63, 3.8) is 0 Å². The third-order valence-corrected chi connectivity index (χ3v) is 2.06. The van der Waals surface area contributed by atoms with Crippen molar-refractivity contribution in [2.75, 3.05) is 0 Å². The average molecular weight is 172 g/mol. The van der Waals surface area contributed by atoms with E-state index in [0.717, 1.165) is 12.1 Å². The molecule has 0 N–H and O–H groups in total. The fraction of sp³-hybridized carbons (Fsp3) is 0.182. The topological polar surface area (TPSA) is 17.8 Å². The Bertz CT molecular complexity index is 377. The maximum Gasteiger partial charge on any atom is 0.0482 e. The van der Waals surface area contributed by atoms with Crippen LogP contribution < -0.4 is 0 Å². The van der Waals surface area contributed by atoms with Crippen LogP contribution in [0.25, 0.3) is 5.69 Å². The van der Waals surface area contributed by atoms with Gasteiger partial charge in [-0.25, -0.2) is 0 Å². The number of rotatable bonds is 2. The predicted octanol–water partition coefficient (Wildman–Crippen LogP) is 2.43. The largest absolute Gasteiger partial charge is 0.324 e. The molecule has 0 fully saturated rings. The first-order valence-electron chi connectivity index (χ1n) is 4.48. The maximum absolute atomic E-state index is 4.25. The highest BCUT2D eigenvalue weighted by Gasteiger charge is 1.95. The molecule has 2 aromatic rings. The van der Waals surface area contributed by atoms with Gasteiger partial charge in [-0.2, -0.15) is 0 Å². The molecule has 2 aromatic heterocycles. The predicted molar refractivity (Wildman–Crippen MR) is 52.9 cm³/mol. The second-order valence-electron chi connectivity index (χ2n) is 2.95. The Morgan fingerprint density at radius 2 is 2.08 bits per heavy atom. The van der Waals surface area contributed by atoms with Gasteiger partial charge in [-0.3, -0.25) is 4.98 Å². The van der Waals surface area contributed by atoms with E-state index in [1.807, 2.05) is 36.8 Å². The van der Waals surface area contributed by atoms with Crippen LogP contribution in [0, 0.1) is 0 Å². The Kier molecular flexibility index (Phi) is 2.13. The molecule has 0 aliphatic carbocycles. The summed E-state index contributed by atoms with van der Waals surface area (Å²) in [6.45, 7) is 2.11. The molecule has 2 heteroatoms. The zero-order valence-corrected chi connectivity index (χ0v) is 7.64. The minimum Gasteiger partial charge on any atom is -0.324 e. The van der Waals surface area contributed by atoms with E-state index in [-0.39, 0.29) is 0 Å². The molecule has 0 amide bonds. The molecule has 0 aromatic carbocycles. The van der Waals surface area contributed by atoms with E-state index in [9.17, 15) is 0 Å². The lowest BCUT2D eigenvalue weighted by Gasteiger charge is -2.03. The number of hydrogen-bond acceptors (Lipinski definition) is 1.